The Morgan fingerprint density at radius 3 is 1.62 bits per heavy atom. The summed E-state index contributed by atoms with van der Waals surface area (Å²) in [5.41, 5.74) is -1.10. The van der Waals surface area contributed by atoms with Gasteiger partial charge in [-0.25, -0.2) is 4.79 Å². The molecule has 0 spiro atoms. The van der Waals surface area contributed by atoms with Gasteiger partial charge in [0, 0.05) is 10.8 Å². The first-order valence-electron chi connectivity index (χ1n) is 5.90. The molecular formula is C13H26O3. The Bertz CT molecular complexity index is 229. The van der Waals surface area contributed by atoms with Gasteiger partial charge in [0.15, 0.2) is 0 Å². The summed E-state index contributed by atoms with van der Waals surface area (Å²) >= 11 is 0. The van der Waals surface area contributed by atoms with Gasteiger partial charge in [0.05, 0.1) is 0 Å². The van der Waals surface area contributed by atoms with Crippen molar-refractivity contribution in [3.63, 3.8) is 0 Å². The van der Waals surface area contributed by atoms with Crippen molar-refractivity contribution in [2.75, 3.05) is 0 Å². The van der Waals surface area contributed by atoms with E-state index in [0.717, 1.165) is 12.8 Å². The first-order valence-corrected chi connectivity index (χ1v) is 5.90. The third kappa shape index (κ3) is 2.89. The van der Waals surface area contributed by atoms with Gasteiger partial charge in [-0.3, -0.25) is 0 Å². The van der Waals surface area contributed by atoms with Crippen molar-refractivity contribution in [2.24, 2.45) is 10.8 Å². The van der Waals surface area contributed by atoms with E-state index in [0.29, 0.717) is 0 Å². The van der Waals surface area contributed by atoms with Crippen LogP contribution in [0.3, 0.4) is 0 Å². The maximum absolute atomic E-state index is 11.0. The molecule has 0 rings (SSSR count). The number of ether oxygens (including phenoxy) is 1. The molecule has 0 fully saturated rings. The van der Waals surface area contributed by atoms with Crippen LogP contribution in [0.5, 0.6) is 0 Å². The molecule has 0 bridgehead atoms. The summed E-state index contributed by atoms with van der Waals surface area (Å²) in [7, 11) is 0. The van der Waals surface area contributed by atoms with E-state index in [1.54, 1.807) is 0 Å². The molecule has 0 aliphatic carbocycles. The number of rotatable bonds is 3. The first kappa shape index (κ1) is 15.3. The number of hydrogen-bond acceptors (Lipinski definition) is 2. The van der Waals surface area contributed by atoms with Crippen molar-refractivity contribution in [3.8, 4) is 0 Å². The zero-order valence-electron chi connectivity index (χ0n) is 11.7. The largest absolute Gasteiger partial charge is 0.506 e. The van der Waals surface area contributed by atoms with Gasteiger partial charge >= 0.3 is 6.16 Å². The predicted octanol–water partition coefficient (Wildman–Crippen LogP) is 4.31. The van der Waals surface area contributed by atoms with E-state index in [1.165, 1.54) is 0 Å². The molecule has 0 unspecified atom stereocenters. The van der Waals surface area contributed by atoms with Crippen LogP contribution in [-0.2, 0) is 4.74 Å². The molecule has 0 heterocycles. The van der Waals surface area contributed by atoms with Crippen LogP contribution >= 0.6 is 0 Å². The second-order valence-corrected chi connectivity index (χ2v) is 6.44. The molecule has 16 heavy (non-hydrogen) atoms. The Morgan fingerprint density at radius 2 is 1.44 bits per heavy atom. The molecule has 0 amide bonds. The minimum absolute atomic E-state index is 0.223. The summed E-state index contributed by atoms with van der Waals surface area (Å²) in [5.74, 6) is 0. The predicted molar refractivity (Wildman–Crippen MR) is 65.7 cm³/mol. The Kier molecular flexibility index (Phi) is 4.43. The second-order valence-electron chi connectivity index (χ2n) is 6.44. The lowest BCUT2D eigenvalue weighted by atomic mass is 9.60. The molecule has 0 atom stereocenters. The normalized spacial score (nSPS) is 13.7. The van der Waals surface area contributed by atoms with E-state index >= 15 is 0 Å². The van der Waals surface area contributed by atoms with Gasteiger partial charge in [0.1, 0.15) is 5.60 Å². The highest BCUT2D eigenvalue weighted by Crippen LogP contribution is 2.49. The molecule has 0 aromatic heterocycles. The summed E-state index contributed by atoms with van der Waals surface area (Å²) in [6.45, 7) is 14.3. The molecule has 1 N–H and O–H groups in total. The van der Waals surface area contributed by atoms with E-state index < -0.39 is 11.8 Å². The minimum Gasteiger partial charge on any atom is -0.450 e. The zero-order valence-corrected chi connectivity index (χ0v) is 11.7. The van der Waals surface area contributed by atoms with Crippen LogP contribution in [0.4, 0.5) is 4.79 Å². The Labute approximate surface area is 99.2 Å². The fraction of sp³-hybridized carbons (Fsp3) is 0.923. The molecule has 0 aliphatic heterocycles. The third-order valence-corrected chi connectivity index (χ3v) is 3.29. The van der Waals surface area contributed by atoms with Gasteiger partial charge in [-0.1, -0.05) is 54.9 Å². The third-order valence-electron chi connectivity index (χ3n) is 3.29. The average molecular weight is 230 g/mol. The maximum Gasteiger partial charge on any atom is 0.506 e. The first-order chi connectivity index (χ1) is 6.98. The number of carbonyl (C=O) groups is 1. The van der Waals surface area contributed by atoms with Crippen LogP contribution in [0.1, 0.15) is 61.3 Å². The average Bonchev–Trinajstić information content (AvgIpc) is 1.98. The lowest BCUT2D eigenvalue weighted by molar-refractivity contribution is -0.156. The summed E-state index contributed by atoms with van der Waals surface area (Å²) in [6, 6.07) is 0. The van der Waals surface area contributed by atoms with Crippen LogP contribution < -0.4 is 0 Å². The molecule has 0 aromatic carbocycles. The van der Waals surface area contributed by atoms with Crippen LogP contribution in [-0.4, -0.2) is 16.9 Å². The maximum atomic E-state index is 11.0. The molecule has 0 radical (unpaired) electrons. The van der Waals surface area contributed by atoms with E-state index in [2.05, 4.69) is 6.92 Å². The van der Waals surface area contributed by atoms with Gasteiger partial charge in [-0.15, -0.1) is 0 Å². The number of carboxylic acid groups (broad SMARTS) is 1. The topological polar surface area (TPSA) is 46.5 Å². The fourth-order valence-electron chi connectivity index (χ4n) is 2.73. The van der Waals surface area contributed by atoms with Crippen molar-refractivity contribution in [2.45, 2.75) is 66.9 Å². The summed E-state index contributed by atoms with van der Waals surface area (Å²) < 4.78 is 5.32. The molecule has 0 aliphatic rings. The quantitative estimate of drug-likeness (QED) is 0.735. The lowest BCUT2D eigenvalue weighted by Crippen LogP contribution is -2.56. The standard InChI is InChI=1S/C13H26O3/c1-8-9-13(11(2,3)4,12(5,6)7)16-10(14)15/h8-9H2,1-7H3,(H,14,15). The SMILES string of the molecule is CCCC(OC(=O)O)(C(C)(C)C)C(C)(C)C. The zero-order chi connectivity index (χ0) is 13.2. The molecule has 0 saturated heterocycles. The van der Waals surface area contributed by atoms with Crippen molar-refractivity contribution >= 4 is 6.16 Å². The van der Waals surface area contributed by atoms with Gasteiger partial charge in [-0.2, -0.15) is 0 Å². The van der Waals surface area contributed by atoms with Crippen LogP contribution in [0.25, 0.3) is 0 Å². The van der Waals surface area contributed by atoms with Crippen LogP contribution in [0.2, 0.25) is 0 Å². The second kappa shape index (κ2) is 4.64. The van der Waals surface area contributed by atoms with Crippen molar-refractivity contribution in [3.05, 3.63) is 0 Å². The van der Waals surface area contributed by atoms with Crippen molar-refractivity contribution in [1.82, 2.24) is 0 Å². The summed E-state index contributed by atoms with van der Waals surface area (Å²) in [5, 5.41) is 8.98. The van der Waals surface area contributed by atoms with Gasteiger partial charge in [-0.05, 0) is 6.42 Å². The number of hydrogen-bond donors (Lipinski definition) is 1. The van der Waals surface area contributed by atoms with E-state index in [4.69, 9.17) is 9.84 Å². The van der Waals surface area contributed by atoms with Crippen molar-refractivity contribution < 1.29 is 14.6 Å². The molecule has 3 heteroatoms. The highest BCUT2D eigenvalue weighted by Gasteiger charge is 2.53. The van der Waals surface area contributed by atoms with E-state index in [1.807, 2.05) is 41.5 Å². The fourth-order valence-corrected chi connectivity index (χ4v) is 2.73. The summed E-state index contributed by atoms with van der Waals surface area (Å²) in [4.78, 5) is 11.0. The highest BCUT2D eigenvalue weighted by molar-refractivity contribution is 5.58. The Balaban J connectivity index is 5.49. The smallest absolute Gasteiger partial charge is 0.450 e. The Hall–Kier alpha value is -0.730. The van der Waals surface area contributed by atoms with Gasteiger partial charge in [0.25, 0.3) is 0 Å². The van der Waals surface area contributed by atoms with Gasteiger partial charge < -0.3 is 9.84 Å². The van der Waals surface area contributed by atoms with Crippen molar-refractivity contribution in [1.29, 1.82) is 0 Å². The molecule has 3 nitrogen and oxygen atoms in total. The van der Waals surface area contributed by atoms with E-state index in [9.17, 15) is 4.79 Å². The molecule has 96 valence electrons. The minimum atomic E-state index is -1.18. The van der Waals surface area contributed by atoms with Gasteiger partial charge in [0.2, 0.25) is 0 Å². The summed E-state index contributed by atoms with van der Waals surface area (Å²) in [6.07, 6.45) is 0.465. The highest BCUT2D eigenvalue weighted by atomic mass is 16.7. The molecule has 0 aromatic rings. The monoisotopic (exact) mass is 230 g/mol. The van der Waals surface area contributed by atoms with E-state index in [-0.39, 0.29) is 10.8 Å². The van der Waals surface area contributed by atoms with Crippen LogP contribution in [0, 0.1) is 10.8 Å². The molecular weight excluding hydrogens is 204 g/mol. The lowest BCUT2D eigenvalue weighted by Gasteiger charge is -2.51. The van der Waals surface area contributed by atoms with Crippen LogP contribution in [0.15, 0.2) is 0 Å². The molecule has 0 saturated carbocycles. The Morgan fingerprint density at radius 1 is 1.06 bits per heavy atom.